The number of aromatic nitrogens is 2. The van der Waals surface area contributed by atoms with Gasteiger partial charge in [0.2, 0.25) is 5.91 Å². The van der Waals surface area contributed by atoms with Gasteiger partial charge in [0.1, 0.15) is 12.9 Å². The van der Waals surface area contributed by atoms with Gasteiger partial charge in [-0.25, -0.2) is 9.78 Å². The Bertz CT molecular complexity index is 1180. The summed E-state index contributed by atoms with van der Waals surface area (Å²) in [6.45, 7) is 10.1. The maximum absolute atomic E-state index is 12.5. The van der Waals surface area contributed by atoms with Crippen molar-refractivity contribution in [1.29, 1.82) is 0 Å². The number of carbonyl (C=O) groups excluding carboxylic acids is 2. The first-order valence-electron chi connectivity index (χ1n) is 12.5. The lowest BCUT2D eigenvalue weighted by Crippen LogP contribution is -2.50. The van der Waals surface area contributed by atoms with E-state index in [1.165, 1.54) is 0 Å². The van der Waals surface area contributed by atoms with Gasteiger partial charge in [-0.15, -0.1) is 0 Å². The van der Waals surface area contributed by atoms with Crippen LogP contribution in [0.25, 0.3) is 16.7 Å². The fourth-order valence-electron chi connectivity index (χ4n) is 4.52. The number of hydrogen-bond acceptors (Lipinski definition) is 7. The molecule has 36 heavy (non-hydrogen) atoms. The Balaban J connectivity index is 1.43. The van der Waals surface area contributed by atoms with Crippen LogP contribution in [0.5, 0.6) is 0 Å². The predicted octanol–water partition coefficient (Wildman–Crippen LogP) is 2.82. The summed E-state index contributed by atoms with van der Waals surface area (Å²) in [4.78, 5) is 35.7. The highest BCUT2D eigenvalue weighted by molar-refractivity contribution is 5.94. The number of methoxy groups -OCH3 is 1. The summed E-state index contributed by atoms with van der Waals surface area (Å²) in [5, 5.41) is 0. The SMILES string of the molecule is CCN(CC)C(=O)CN1CCN(c2cccc(-n3cnc4cc(C(=O)OCCOC)ccc43)c2)CC1. The fraction of sp³-hybridized carbons (Fsp3) is 0.444. The Morgan fingerprint density at radius 3 is 2.44 bits per heavy atom. The van der Waals surface area contributed by atoms with Crippen molar-refractivity contribution in [3.8, 4) is 5.69 Å². The zero-order valence-corrected chi connectivity index (χ0v) is 21.4. The van der Waals surface area contributed by atoms with E-state index in [4.69, 9.17) is 9.47 Å². The van der Waals surface area contributed by atoms with E-state index in [0.717, 1.165) is 61.7 Å². The quantitative estimate of drug-likeness (QED) is 0.317. The minimum Gasteiger partial charge on any atom is -0.460 e. The molecule has 0 aliphatic carbocycles. The molecule has 4 rings (SSSR count). The number of amides is 1. The number of fused-ring (bicyclic) bond motifs is 1. The monoisotopic (exact) mass is 493 g/mol. The highest BCUT2D eigenvalue weighted by Gasteiger charge is 2.21. The van der Waals surface area contributed by atoms with Gasteiger partial charge >= 0.3 is 5.97 Å². The number of likely N-dealkylation sites (N-methyl/N-ethyl adjacent to an activating group) is 1. The van der Waals surface area contributed by atoms with Crippen molar-refractivity contribution in [3.05, 3.63) is 54.4 Å². The Hall–Kier alpha value is -3.43. The van der Waals surface area contributed by atoms with Crippen molar-refractivity contribution >= 4 is 28.6 Å². The van der Waals surface area contributed by atoms with Crippen LogP contribution in [0.3, 0.4) is 0 Å². The summed E-state index contributed by atoms with van der Waals surface area (Å²) < 4.78 is 12.2. The number of imidazole rings is 1. The molecule has 0 bridgehead atoms. The minimum absolute atomic E-state index is 0.203. The summed E-state index contributed by atoms with van der Waals surface area (Å²) in [6.07, 6.45) is 1.78. The molecule has 0 unspecified atom stereocenters. The van der Waals surface area contributed by atoms with E-state index in [1.54, 1.807) is 25.6 Å². The number of ether oxygens (including phenoxy) is 2. The Morgan fingerprint density at radius 1 is 0.972 bits per heavy atom. The van der Waals surface area contributed by atoms with Crippen LogP contribution in [0.1, 0.15) is 24.2 Å². The van der Waals surface area contributed by atoms with E-state index >= 15 is 0 Å². The Kier molecular flexibility index (Phi) is 8.56. The van der Waals surface area contributed by atoms with Crippen LogP contribution in [0.4, 0.5) is 5.69 Å². The summed E-state index contributed by atoms with van der Waals surface area (Å²) in [5.41, 5.74) is 4.26. The Labute approximate surface area is 212 Å². The molecule has 3 aromatic rings. The van der Waals surface area contributed by atoms with Crippen molar-refractivity contribution < 1.29 is 19.1 Å². The van der Waals surface area contributed by atoms with Gasteiger partial charge in [-0.05, 0) is 50.2 Å². The molecule has 1 aliphatic rings. The molecule has 9 heteroatoms. The van der Waals surface area contributed by atoms with Crippen LogP contribution in [0.2, 0.25) is 0 Å². The summed E-state index contributed by atoms with van der Waals surface area (Å²) in [7, 11) is 1.57. The van der Waals surface area contributed by atoms with Gasteiger partial charge in [0, 0.05) is 57.8 Å². The molecule has 2 heterocycles. The predicted molar refractivity (Wildman–Crippen MR) is 140 cm³/mol. The fourth-order valence-corrected chi connectivity index (χ4v) is 4.52. The molecule has 2 aromatic carbocycles. The van der Waals surface area contributed by atoms with Crippen molar-refractivity contribution in [2.24, 2.45) is 0 Å². The average molecular weight is 494 g/mol. The number of nitrogens with zero attached hydrogens (tertiary/aromatic N) is 5. The minimum atomic E-state index is -0.386. The van der Waals surface area contributed by atoms with Crippen LogP contribution < -0.4 is 4.90 Å². The molecule has 1 amide bonds. The van der Waals surface area contributed by atoms with Crippen LogP contribution in [-0.2, 0) is 14.3 Å². The van der Waals surface area contributed by atoms with Crippen molar-refractivity contribution in [2.75, 3.05) is 71.0 Å². The first kappa shape index (κ1) is 25.7. The number of rotatable bonds is 10. The van der Waals surface area contributed by atoms with Crippen molar-refractivity contribution in [1.82, 2.24) is 19.4 Å². The maximum Gasteiger partial charge on any atom is 0.338 e. The molecular formula is C27H35N5O4. The number of hydrogen-bond donors (Lipinski definition) is 0. The molecule has 0 spiro atoms. The third-order valence-electron chi connectivity index (χ3n) is 6.62. The third-order valence-corrected chi connectivity index (χ3v) is 6.62. The molecular weight excluding hydrogens is 458 g/mol. The van der Waals surface area contributed by atoms with Gasteiger partial charge in [0.15, 0.2) is 0 Å². The van der Waals surface area contributed by atoms with E-state index < -0.39 is 0 Å². The van der Waals surface area contributed by atoms with E-state index in [9.17, 15) is 9.59 Å². The van der Waals surface area contributed by atoms with Crippen LogP contribution in [0.15, 0.2) is 48.8 Å². The van der Waals surface area contributed by atoms with Crippen LogP contribution in [0, 0.1) is 0 Å². The van der Waals surface area contributed by atoms with Gasteiger partial charge in [-0.3, -0.25) is 14.3 Å². The molecule has 1 aromatic heterocycles. The zero-order chi connectivity index (χ0) is 25.5. The van der Waals surface area contributed by atoms with Gasteiger partial charge in [0.05, 0.1) is 29.7 Å². The molecule has 0 atom stereocenters. The second-order valence-corrected chi connectivity index (χ2v) is 8.80. The first-order chi connectivity index (χ1) is 17.5. The van der Waals surface area contributed by atoms with Crippen molar-refractivity contribution in [3.63, 3.8) is 0 Å². The second kappa shape index (κ2) is 12.0. The maximum atomic E-state index is 12.5. The van der Waals surface area contributed by atoms with Crippen LogP contribution in [-0.4, -0.2) is 97.4 Å². The summed E-state index contributed by atoms with van der Waals surface area (Å²) in [5.74, 6) is -0.183. The average Bonchev–Trinajstić information content (AvgIpc) is 3.33. The smallest absolute Gasteiger partial charge is 0.338 e. The molecule has 192 valence electrons. The van der Waals surface area contributed by atoms with E-state index in [2.05, 4.69) is 33.0 Å². The highest BCUT2D eigenvalue weighted by Crippen LogP contribution is 2.24. The standard InChI is InChI=1S/C27H35N5O4/c1-4-30(5-2)26(33)19-29-11-13-31(14-12-29)22-7-6-8-23(18-22)32-20-28-24-17-21(9-10-25(24)32)27(34)36-16-15-35-3/h6-10,17-18,20H,4-5,11-16,19H2,1-3H3. The molecule has 0 N–H and O–H groups in total. The first-order valence-corrected chi connectivity index (χ1v) is 12.5. The van der Waals surface area contributed by atoms with Crippen LogP contribution >= 0.6 is 0 Å². The Morgan fingerprint density at radius 2 is 1.72 bits per heavy atom. The van der Waals surface area contributed by atoms with Crippen molar-refractivity contribution in [2.45, 2.75) is 13.8 Å². The largest absolute Gasteiger partial charge is 0.460 e. The lowest BCUT2D eigenvalue weighted by molar-refractivity contribution is -0.132. The van der Waals surface area contributed by atoms with Gasteiger partial charge < -0.3 is 19.3 Å². The number of anilines is 1. The number of esters is 1. The van der Waals surface area contributed by atoms with Gasteiger partial charge in [-0.1, -0.05) is 6.07 Å². The second-order valence-electron chi connectivity index (χ2n) is 8.80. The molecule has 1 saturated heterocycles. The third kappa shape index (κ3) is 5.85. The van der Waals surface area contributed by atoms with E-state index in [-0.39, 0.29) is 18.5 Å². The molecule has 0 radical (unpaired) electrons. The summed E-state index contributed by atoms with van der Waals surface area (Å²) >= 11 is 0. The topological polar surface area (TPSA) is 80.1 Å². The van der Waals surface area contributed by atoms with Gasteiger partial charge in [0.25, 0.3) is 0 Å². The van der Waals surface area contributed by atoms with E-state index in [0.29, 0.717) is 18.7 Å². The number of carbonyl (C=O) groups is 2. The van der Waals surface area contributed by atoms with Gasteiger partial charge in [-0.2, -0.15) is 0 Å². The normalized spacial score (nSPS) is 14.2. The molecule has 1 aliphatic heterocycles. The molecule has 0 saturated carbocycles. The lowest BCUT2D eigenvalue weighted by atomic mass is 10.2. The lowest BCUT2D eigenvalue weighted by Gasteiger charge is -2.36. The van der Waals surface area contributed by atoms with E-state index in [1.807, 2.05) is 35.4 Å². The zero-order valence-electron chi connectivity index (χ0n) is 21.4. The summed E-state index contributed by atoms with van der Waals surface area (Å²) in [6, 6.07) is 13.8. The highest BCUT2D eigenvalue weighted by atomic mass is 16.6. The molecule has 1 fully saturated rings. The number of benzene rings is 2. The number of piperazine rings is 1. The molecule has 9 nitrogen and oxygen atoms in total.